The van der Waals surface area contributed by atoms with Gasteiger partial charge in [-0.1, -0.05) is 32.4 Å². The van der Waals surface area contributed by atoms with Gasteiger partial charge in [-0.05, 0) is 43.5 Å². The summed E-state index contributed by atoms with van der Waals surface area (Å²) in [5.74, 6) is 0.985. The monoisotopic (exact) mass is 283 g/mol. The molecule has 0 aliphatic carbocycles. The molecule has 0 radical (unpaired) electrons. The third kappa shape index (κ3) is 5.11. The first-order chi connectivity index (χ1) is 8.93. The highest BCUT2D eigenvalue weighted by molar-refractivity contribution is 6.30. The van der Waals surface area contributed by atoms with Crippen molar-refractivity contribution >= 4 is 17.5 Å². The van der Waals surface area contributed by atoms with E-state index in [9.17, 15) is 4.79 Å². The molecule has 1 aromatic rings. The molecule has 1 rings (SSSR count). The molecule has 106 valence electrons. The number of amides is 1. The van der Waals surface area contributed by atoms with Gasteiger partial charge in [-0.15, -0.1) is 0 Å². The van der Waals surface area contributed by atoms with Crippen LogP contribution < -0.4 is 10.1 Å². The molecule has 1 N–H and O–H groups in total. The second-order valence-corrected chi connectivity index (χ2v) is 5.45. The molecule has 4 heteroatoms. The van der Waals surface area contributed by atoms with Gasteiger partial charge < -0.3 is 10.1 Å². The summed E-state index contributed by atoms with van der Waals surface area (Å²) in [6.07, 6.45) is 0.154. The molecule has 0 heterocycles. The van der Waals surface area contributed by atoms with Crippen LogP contribution in [0.4, 0.5) is 0 Å². The molecule has 2 atom stereocenters. The number of hydrogen-bond acceptors (Lipinski definition) is 2. The molecule has 0 aliphatic rings. The molecule has 0 saturated heterocycles. The predicted octanol–water partition coefficient (Wildman–Crippen LogP) is 3.66. The fourth-order valence-corrected chi connectivity index (χ4v) is 1.61. The van der Waals surface area contributed by atoms with Crippen molar-refractivity contribution in [3.05, 3.63) is 29.3 Å². The smallest absolute Gasteiger partial charge is 0.261 e. The van der Waals surface area contributed by atoms with E-state index < -0.39 is 6.10 Å². The Labute approximate surface area is 120 Å². The second kappa shape index (κ2) is 7.39. The van der Waals surface area contributed by atoms with Crippen LogP contribution in [0.5, 0.6) is 5.75 Å². The van der Waals surface area contributed by atoms with Crippen LogP contribution in [0.25, 0.3) is 0 Å². The van der Waals surface area contributed by atoms with Crippen LogP contribution in [-0.4, -0.2) is 18.1 Å². The average molecular weight is 284 g/mol. The lowest BCUT2D eigenvalue weighted by Gasteiger charge is -2.22. The number of benzene rings is 1. The average Bonchev–Trinajstić information content (AvgIpc) is 2.37. The number of nitrogens with one attached hydrogen (secondary N) is 1. The lowest BCUT2D eigenvalue weighted by Crippen LogP contribution is -2.44. The van der Waals surface area contributed by atoms with Crippen molar-refractivity contribution in [2.24, 2.45) is 5.92 Å². The summed E-state index contributed by atoms with van der Waals surface area (Å²) in [7, 11) is 0. The number of ether oxygens (including phenoxy) is 1. The Morgan fingerprint density at radius 1 is 1.26 bits per heavy atom. The van der Waals surface area contributed by atoms with E-state index in [0.29, 0.717) is 23.1 Å². The van der Waals surface area contributed by atoms with Gasteiger partial charge >= 0.3 is 0 Å². The van der Waals surface area contributed by atoms with Crippen LogP contribution >= 0.6 is 11.6 Å². The third-order valence-electron chi connectivity index (χ3n) is 3.13. The summed E-state index contributed by atoms with van der Waals surface area (Å²) in [5, 5.41) is 3.62. The van der Waals surface area contributed by atoms with E-state index in [-0.39, 0.29) is 11.9 Å². The van der Waals surface area contributed by atoms with E-state index >= 15 is 0 Å². The molecule has 1 aromatic carbocycles. The maximum atomic E-state index is 12.1. The van der Waals surface area contributed by atoms with Gasteiger partial charge in [-0.3, -0.25) is 4.79 Å². The molecule has 0 saturated carbocycles. The summed E-state index contributed by atoms with van der Waals surface area (Å²) in [5.41, 5.74) is 0. The Hall–Kier alpha value is -1.22. The van der Waals surface area contributed by atoms with E-state index in [2.05, 4.69) is 19.2 Å². The standard InChI is InChI=1S/C15H22ClNO2/c1-5-14(15(18)17-11(4)10(2)3)19-13-8-6-12(16)7-9-13/h6-11,14H,5H2,1-4H3,(H,17,18)/t11-,14+/m1/s1. The van der Waals surface area contributed by atoms with E-state index in [1.165, 1.54) is 0 Å². The summed E-state index contributed by atoms with van der Waals surface area (Å²) in [4.78, 5) is 12.1. The van der Waals surface area contributed by atoms with Crippen molar-refractivity contribution in [3.63, 3.8) is 0 Å². The molecule has 0 bridgehead atoms. The highest BCUT2D eigenvalue weighted by Crippen LogP contribution is 2.17. The van der Waals surface area contributed by atoms with Crippen LogP contribution in [0, 0.1) is 5.92 Å². The first-order valence-corrected chi connectivity index (χ1v) is 7.04. The van der Waals surface area contributed by atoms with E-state index in [1.807, 2.05) is 13.8 Å². The van der Waals surface area contributed by atoms with Crippen molar-refractivity contribution in [2.45, 2.75) is 46.3 Å². The Bertz CT molecular complexity index is 403. The molecular formula is C15H22ClNO2. The normalized spacial score (nSPS) is 14.0. The Morgan fingerprint density at radius 3 is 2.32 bits per heavy atom. The molecule has 3 nitrogen and oxygen atoms in total. The Kier molecular flexibility index (Phi) is 6.16. The number of hydrogen-bond donors (Lipinski definition) is 1. The van der Waals surface area contributed by atoms with Crippen molar-refractivity contribution < 1.29 is 9.53 Å². The number of carbonyl (C=O) groups is 1. The van der Waals surface area contributed by atoms with Crippen LogP contribution in [0.15, 0.2) is 24.3 Å². The van der Waals surface area contributed by atoms with Crippen molar-refractivity contribution in [2.75, 3.05) is 0 Å². The van der Waals surface area contributed by atoms with Crippen LogP contribution in [0.1, 0.15) is 34.1 Å². The fraction of sp³-hybridized carbons (Fsp3) is 0.533. The summed E-state index contributed by atoms with van der Waals surface area (Å²) < 4.78 is 5.69. The van der Waals surface area contributed by atoms with Crippen molar-refractivity contribution in [1.29, 1.82) is 0 Å². The van der Waals surface area contributed by atoms with E-state index in [0.717, 1.165) is 0 Å². The lowest BCUT2D eigenvalue weighted by atomic mass is 10.1. The minimum Gasteiger partial charge on any atom is -0.481 e. The predicted molar refractivity (Wildman–Crippen MR) is 78.6 cm³/mol. The Morgan fingerprint density at radius 2 is 1.84 bits per heavy atom. The summed E-state index contributed by atoms with van der Waals surface area (Å²) >= 11 is 5.81. The van der Waals surface area contributed by atoms with Crippen molar-refractivity contribution in [1.82, 2.24) is 5.32 Å². The van der Waals surface area contributed by atoms with Crippen LogP contribution in [0.2, 0.25) is 5.02 Å². The molecular weight excluding hydrogens is 262 g/mol. The Balaban J connectivity index is 2.62. The first-order valence-electron chi connectivity index (χ1n) is 6.66. The van der Waals surface area contributed by atoms with Crippen molar-refractivity contribution in [3.8, 4) is 5.75 Å². The molecule has 0 spiro atoms. The summed E-state index contributed by atoms with van der Waals surface area (Å²) in [6.45, 7) is 8.08. The van der Waals surface area contributed by atoms with Crippen LogP contribution in [-0.2, 0) is 4.79 Å². The summed E-state index contributed by atoms with van der Waals surface area (Å²) in [6, 6.07) is 7.17. The van der Waals surface area contributed by atoms with Gasteiger partial charge in [0, 0.05) is 11.1 Å². The maximum Gasteiger partial charge on any atom is 0.261 e. The number of rotatable bonds is 6. The largest absolute Gasteiger partial charge is 0.481 e. The zero-order valence-corrected chi connectivity index (χ0v) is 12.7. The first kappa shape index (κ1) is 15.8. The SMILES string of the molecule is CC[C@H](Oc1ccc(Cl)cc1)C(=O)N[C@H](C)C(C)C. The third-order valence-corrected chi connectivity index (χ3v) is 3.38. The van der Waals surface area contributed by atoms with Gasteiger partial charge in [0.2, 0.25) is 0 Å². The van der Waals surface area contributed by atoms with Gasteiger partial charge in [-0.25, -0.2) is 0 Å². The molecule has 0 aliphatic heterocycles. The second-order valence-electron chi connectivity index (χ2n) is 5.01. The lowest BCUT2D eigenvalue weighted by molar-refractivity contribution is -0.129. The molecule has 0 fully saturated rings. The highest BCUT2D eigenvalue weighted by Gasteiger charge is 2.21. The zero-order chi connectivity index (χ0) is 14.4. The van der Waals surface area contributed by atoms with Gasteiger partial charge in [0.15, 0.2) is 6.10 Å². The quantitative estimate of drug-likeness (QED) is 0.865. The van der Waals surface area contributed by atoms with Crippen LogP contribution in [0.3, 0.4) is 0 Å². The van der Waals surface area contributed by atoms with E-state index in [4.69, 9.17) is 16.3 Å². The number of halogens is 1. The zero-order valence-electron chi connectivity index (χ0n) is 11.9. The highest BCUT2D eigenvalue weighted by atomic mass is 35.5. The maximum absolute atomic E-state index is 12.1. The fourth-order valence-electron chi connectivity index (χ4n) is 1.48. The number of carbonyl (C=O) groups excluding carboxylic acids is 1. The molecule has 0 unspecified atom stereocenters. The van der Waals surface area contributed by atoms with Gasteiger partial charge in [-0.2, -0.15) is 0 Å². The van der Waals surface area contributed by atoms with Gasteiger partial charge in [0.25, 0.3) is 5.91 Å². The van der Waals surface area contributed by atoms with Gasteiger partial charge in [0.1, 0.15) is 5.75 Å². The van der Waals surface area contributed by atoms with Gasteiger partial charge in [0.05, 0.1) is 0 Å². The minimum absolute atomic E-state index is 0.0707. The van der Waals surface area contributed by atoms with E-state index in [1.54, 1.807) is 24.3 Å². The molecule has 1 amide bonds. The topological polar surface area (TPSA) is 38.3 Å². The minimum atomic E-state index is -0.470. The molecule has 19 heavy (non-hydrogen) atoms. The molecule has 0 aromatic heterocycles.